The molecule has 1 aliphatic heterocycles. The number of likely N-dealkylation sites (N-methyl/N-ethyl adjacent to an activating group) is 1. The molecule has 1 saturated heterocycles. The second-order valence-corrected chi connectivity index (χ2v) is 6.06. The van der Waals surface area contributed by atoms with E-state index in [0.29, 0.717) is 25.6 Å². The summed E-state index contributed by atoms with van der Waals surface area (Å²) in [6.45, 7) is 3.71. The van der Waals surface area contributed by atoms with Gasteiger partial charge in [0.05, 0.1) is 13.1 Å². The molecule has 2 heterocycles. The van der Waals surface area contributed by atoms with Gasteiger partial charge in [0.2, 0.25) is 0 Å². The Labute approximate surface area is 123 Å². The zero-order valence-electron chi connectivity index (χ0n) is 11.9. The maximum Gasteiger partial charge on any atom is 0.252 e. The van der Waals surface area contributed by atoms with Crippen LogP contribution in [0.3, 0.4) is 0 Å². The molecule has 0 spiro atoms. The van der Waals surface area contributed by atoms with Gasteiger partial charge in [-0.05, 0) is 18.4 Å². The normalized spacial score (nSPS) is 21.4. The van der Waals surface area contributed by atoms with E-state index in [2.05, 4.69) is 18.8 Å². The smallest absolute Gasteiger partial charge is 0.252 e. The van der Waals surface area contributed by atoms with Gasteiger partial charge in [0, 0.05) is 29.5 Å². The first-order valence-electron chi connectivity index (χ1n) is 6.74. The van der Waals surface area contributed by atoms with Crippen molar-refractivity contribution in [2.24, 2.45) is 11.7 Å². The Bertz CT molecular complexity index is 529. The van der Waals surface area contributed by atoms with Crippen molar-refractivity contribution in [1.82, 2.24) is 4.90 Å². The highest BCUT2D eigenvalue weighted by molar-refractivity contribution is 7.10. The van der Waals surface area contributed by atoms with Crippen LogP contribution in [-0.2, 0) is 16.1 Å². The largest absolute Gasteiger partial charge is 0.368 e. The van der Waals surface area contributed by atoms with Gasteiger partial charge in [-0.15, -0.1) is 11.3 Å². The van der Waals surface area contributed by atoms with Crippen molar-refractivity contribution in [2.45, 2.75) is 26.0 Å². The lowest BCUT2D eigenvalue weighted by Crippen LogP contribution is -2.38. The number of hydrogen-bond acceptors (Lipinski definition) is 4. The first-order valence-corrected chi connectivity index (χ1v) is 7.62. The molecule has 0 aromatic carbocycles. The van der Waals surface area contributed by atoms with E-state index in [1.807, 2.05) is 18.5 Å². The summed E-state index contributed by atoms with van der Waals surface area (Å²) in [5, 5.41) is 1.99. The number of rotatable bonds is 3. The van der Waals surface area contributed by atoms with Crippen LogP contribution in [-0.4, -0.2) is 37.1 Å². The molecule has 2 atom stereocenters. The summed E-state index contributed by atoms with van der Waals surface area (Å²) in [4.78, 5) is 15.2. The van der Waals surface area contributed by atoms with Crippen LogP contribution in [0.2, 0.25) is 0 Å². The van der Waals surface area contributed by atoms with Crippen LogP contribution in [0.25, 0.3) is 0 Å². The van der Waals surface area contributed by atoms with Crippen LogP contribution in [0.4, 0.5) is 0 Å². The van der Waals surface area contributed by atoms with Crippen molar-refractivity contribution in [3.63, 3.8) is 0 Å². The van der Waals surface area contributed by atoms with Gasteiger partial charge < -0.3 is 15.4 Å². The summed E-state index contributed by atoms with van der Waals surface area (Å²) in [6, 6.07) is 2.01. The van der Waals surface area contributed by atoms with Gasteiger partial charge in [-0.2, -0.15) is 0 Å². The predicted molar refractivity (Wildman–Crippen MR) is 80.2 cm³/mol. The number of hydrogen-bond donors (Lipinski definition) is 1. The highest BCUT2D eigenvalue weighted by Crippen LogP contribution is 2.23. The van der Waals surface area contributed by atoms with E-state index in [0.717, 1.165) is 16.9 Å². The summed E-state index contributed by atoms with van der Waals surface area (Å²) < 4.78 is 5.52. The van der Waals surface area contributed by atoms with Gasteiger partial charge in [0.25, 0.3) is 5.91 Å². The second kappa shape index (κ2) is 6.89. The van der Waals surface area contributed by atoms with Crippen LogP contribution < -0.4 is 5.73 Å². The third-order valence-electron chi connectivity index (χ3n) is 3.39. The quantitative estimate of drug-likeness (QED) is 0.858. The van der Waals surface area contributed by atoms with Crippen molar-refractivity contribution >= 4 is 17.2 Å². The number of nitrogens with zero attached hydrogens (tertiary/aromatic N) is 1. The van der Waals surface area contributed by atoms with Crippen molar-refractivity contribution in [3.8, 4) is 11.8 Å². The molecule has 20 heavy (non-hydrogen) atoms. The van der Waals surface area contributed by atoms with Crippen LogP contribution in [0.15, 0.2) is 11.4 Å². The summed E-state index contributed by atoms with van der Waals surface area (Å²) in [6.07, 6.45) is 0.679. The third kappa shape index (κ3) is 3.60. The fourth-order valence-corrected chi connectivity index (χ4v) is 3.09. The first-order chi connectivity index (χ1) is 9.61. The average Bonchev–Trinajstić information content (AvgIpc) is 3.04. The lowest BCUT2D eigenvalue weighted by molar-refractivity contribution is -0.141. The molecule has 1 fully saturated rings. The number of thiophene rings is 1. The minimum absolute atomic E-state index is 0.0676. The van der Waals surface area contributed by atoms with E-state index < -0.39 is 0 Å². The van der Waals surface area contributed by atoms with Crippen LogP contribution in [0, 0.1) is 17.8 Å². The van der Waals surface area contributed by atoms with E-state index in [4.69, 9.17) is 10.5 Å². The van der Waals surface area contributed by atoms with Gasteiger partial charge >= 0.3 is 0 Å². The summed E-state index contributed by atoms with van der Waals surface area (Å²) in [7, 11) is 1.82. The minimum Gasteiger partial charge on any atom is -0.368 e. The van der Waals surface area contributed by atoms with Gasteiger partial charge in [0.1, 0.15) is 6.10 Å². The Morgan fingerprint density at radius 1 is 1.65 bits per heavy atom. The van der Waals surface area contributed by atoms with Crippen molar-refractivity contribution in [2.75, 3.05) is 20.2 Å². The molecule has 1 aliphatic rings. The highest BCUT2D eigenvalue weighted by Gasteiger charge is 2.32. The molecule has 5 heteroatoms. The standard InChI is InChI=1S/C15H20N2O2S/c1-11-5-7-19-14(11)15(18)17(2)9-13-8-12(10-20-13)4-3-6-16/h8,10-11,14H,5-7,9,16H2,1-2H3. The van der Waals surface area contributed by atoms with E-state index in [-0.39, 0.29) is 12.0 Å². The summed E-state index contributed by atoms with van der Waals surface area (Å²) in [5.74, 6) is 6.20. The molecule has 2 rings (SSSR count). The molecule has 108 valence electrons. The molecular formula is C15H20N2O2S. The Balaban J connectivity index is 1.95. The maximum absolute atomic E-state index is 12.3. The number of ether oxygens (including phenoxy) is 1. The van der Waals surface area contributed by atoms with E-state index in [9.17, 15) is 4.79 Å². The van der Waals surface area contributed by atoms with Gasteiger partial charge in [-0.1, -0.05) is 18.8 Å². The van der Waals surface area contributed by atoms with Gasteiger partial charge in [-0.25, -0.2) is 0 Å². The third-order valence-corrected chi connectivity index (χ3v) is 4.31. The predicted octanol–water partition coefficient (Wildman–Crippen LogP) is 1.44. The van der Waals surface area contributed by atoms with Crippen molar-refractivity contribution < 1.29 is 9.53 Å². The zero-order valence-corrected chi connectivity index (χ0v) is 12.7. The monoisotopic (exact) mass is 292 g/mol. The molecule has 2 N–H and O–H groups in total. The van der Waals surface area contributed by atoms with Gasteiger partial charge in [-0.3, -0.25) is 4.79 Å². The van der Waals surface area contributed by atoms with Crippen molar-refractivity contribution in [3.05, 3.63) is 21.9 Å². The van der Waals surface area contributed by atoms with Gasteiger partial charge in [0.15, 0.2) is 0 Å². The molecule has 0 saturated carbocycles. The van der Waals surface area contributed by atoms with Crippen molar-refractivity contribution in [1.29, 1.82) is 0 Å². The Morgan fingerprint density at radius 2 is 2.45 bits per heavy atom. The number of carbonyl (C=O) groups excluding carboxylic acids is 1. The molecule has 0 radical (unpaired) electrons. The molecule has 0 bridgehead atoms. The summed E-state index contributed by atoms with van der Waals surface area (Å²) >= 11 is 1.61. The lowest BCUT2D eigenvalue weighted by Gasteiger charge is -2.22. The average molecular weight is 292 g/mol. The second-order valence-electron chi connectivity index (χ2n) is 5.06. The Hall–Kier alpha value is -1.35. The number of amides is 1. The summed E-state index contributed by atoms with van der Waals surface area (Å²) in [5.41, 5.74) is 6.31. The Kier molecular flexibility index (Phi) is 5.18. The molecular weight excluding hydrogens is 272 g/mol. The van der Waals surface area contributed by atoms with Crippen LogP contribution >= 0.6 is 11.3 Å². The topological polar surface area (TPSA) is 55.6 Å². The van der Waals surface area contributed by atoms with Crippen LogP contribution in [0.5, 0.6) is 0 Å². The van der Waals surface area contributed by atoms with Crippen LogP contribution in [0.1, 0.15) is 23.8 Å². The SMILES string of the molecule is CC1CCOC1C(=O)N(C)Cc1cc(C#CCN)cs1. The fraction of sp³-hybridized carbons (Fsp3) is 0.533. The number of carbonyl (C=O) groups is 1. The molecule has 0 aliphatic carbocycles. The first kappa shape index (κ1) is 15.0. The van der Waals surface area contributed by atoms with E-state index in [1.54, 1.807) is 16.2 Å². The molecule has 1 aromatic heterocycles. The zero-order chi connectivity index (χ0) is 14.5. The van der Waals surface area contributed by atoms with E-state index in [1.165, 1.54) is 0 Å². The number of nitrogens with two attached hydrogens (primary N) is 1. The molecule has 4 nitrogen and oxygen atoms in total. The fourth-order valence-electron chi connectivity index (χ4n) is 2.22. The maximum atomic E-state index is 12.3. The molecule has 1 aromatic rings. The molecule has 2 unspecified atom stereocenters. The Morgan fingerprint density at radius 3 is 3.10 bits per heavy atom. The molecule has 1 amide bonds. The minimum atomic E-state index is -0.281. The van der Waals surface area contributed by atoms with E-state index >= 15 is 0 Å². The lowest BCUT2D eigenvalue weighted by atomic mass is 10.0. The highest BCUT2D eigenvalue weighted by atomic mass is 32.1.